The molecule has 0 amide bonds. The maximum Gasteiger partial charge on any atom is 0.277 e. The monoisotopic (exact) mass is 237 g/mol. The lowest BCUT2D eigenvalue weighted by Gasteiger charge is -2.31. The van der Waals surface area contributed by atoms with E-state index in [4.69, 9.17) is 9.88 Å². The Morgan fingerprint density at radius 3 is 2.80 bits per heavy atom. The van der Waals surface area contributed by atoms with E-state index in [1.807, 2.05) is 13.8 Å². The normalized spacial score (nSPS) is 24.7. The minimum absolute atomic E-state index is 0.112. The van der Waals surface area contributed by atoms with E-state index in [1.165, 1.54) is 4.31 Å². The molecule has 1 rings (SSSR count). The lowest BCUT2D eigenvalue weighted by atomic mass is 10.3. The predicted octanol–water partition coefficient (Wildman–Crippen LogP) is -1.11. The number of nitrogens with two attached hydrogens (primary N) is 1. The van der Waals surface area contributed by atoms with E-state index in [9.17, 15) is 8.42 Å². The Morgan fingerprint density at radius 2 is 2.27 bits per heavy atom. The quantitative estimate of drug-likeness (QED) is 0.649. The third-order valence-electron chi connectivity index (χ3n) is 2.22. The summed E-state index contributed by atoms with van der Waals surface area (Å²) in [6.07, 6.45) is -0.112. The fraction of sp³-hybridized carbons (Fsp3) is 1.00. The molecule has 1 saturated heterocycles. The first kappa shape index (κ1) is 12.9. The number of morpholine rings is 1. The van der Waals surface area contributed by atoms with Gasteiger partial charge in [-0.2, -0.15) is 12.7 Å². The number of hydrogen-bond donors (Lipinski definition) is 2. The third kappa shape index (κ3) is 4.43. The molecule has 0 saturated carbocycles. The molecule has 3 N–H and O–H groups in total. The van der Waals surface area contributed by atoms with E-state index in [0.717, 1.165) is 0 Å². The second kappa shape index (κ2) is 5.22. The van der Waals surface area contributed by atoms with Gasteiger partial charge < -0.3 is 10.1 Å². The van der Waals surface area contributed by atoms with Gasteiger partial charge in [-0.25, -0.2) is 5.14 Å². The number of hydrogen-bond acceptors (Lipinski definition) is 4. The van der Waals surface area contributed by atoms with Gasteiger partial charge in [0, 0.05) is 25.7 Å². The van der Waals surface area contributed by atoms with Crippen molar-refractivity contribution in [2.24, 2.45) is 5.14 Å². The van der Waals surface area contributed by atoms with Crippen LogP contribution in [-0.2, 0) is 14.9 Å². The van der Waals surface area contributed by atoms with Crippen molar-refractivity contribution in [1.82, 2.24) is 9.62 Å². The third-order valence-corrected chi connectivity index (χ3v) is 3.27. The number of nitrogens with zero attached hydrogens (tertiary/aromatic N) is 1. The summed E-state index contributed by atoms with van der Waals surface area (Å²) in [5.41, 5.74) is 0. The van der Waals surface area contributed by atoms with Gasteiger partial charge >= 0.3 is 0 Å². The van der Waals surface area contributed by atoms with Crippen LogP contribution < -0.4 is 10.5 Å². The molecule has 0 radical (unpaired) electrons. The predicted molar refractivity (Wildman–Crippen MR) is 57.6 cm³/mol. The summed E-state index contributed by atoms with van der Waals surface area (Å²) in [7, 11) is -3.57. The average molecular weight is 237 g/mol. The fourth-order valence-corrected chi connectivity index (χ4v) is 2.12. The van der Waals surface area contributed by atoms with E-state index in [0.29, 0.717) is 32.3 Å². The van der Waals surface area contributed by atoms with Crippen LogP contribution in [0.15, 0.2) is 0 Å². The molecule has 0 aromatic carbocycles. The molecule has 0 bridgehead atoms. The van der Waals surface area contributed by atoms with Crippen molar-refractivity contribution in [1.29, 1.82) is 0 Å². The molecule has 90 valence electrons. The van der Waals surface area contributed by atoms with Gasteiger partial charge in [-0.1, -0.05) is 13.8 Å². The maximum absolute atomic E-state index is 11.1. The van der Waals surface area contributed by atoms with E-state index >= 15 is 0 Å². The Kier molecular flexibility index (Phi) is 4.47. The summed E-state index contributed by atoms with van der Waals surface area (Å²) in [6, 6.07) is 0.360. The highest BCUT2D eigenvalue weighted by atomic mass is 32.2. The number of ether oxygens (including phenoxy) is 1. The van der Waals surface area contributed by atoms with Crippen LogP contribution in [0.2, 0.25) is 0 Å². The first-order valence-electron chi connectivity index (χ1n) is 5.02. The van der Waals surface area contributed by atoms with Crippen molar-refractivity contribution < 1.29 is 13.2 Å². The molecule has 0 aliphatic carbocycles. The largest absolute Gasteiger partial charge is 0.374 e. The molecule has 0 aromatic rings. The Bertz CT molecular complexity index is 292. The second-order valence-corrected chi connectivity index (χ2v) is 5.51. The Labute approximate surface area is 90.9 Å². The molecular weight excluding hydrogens is 218 g/mol. The van der Waals surface area contributed by atoms with Gasteiger partial charge in [0.2, 0.25) is 0 Å². The molecule has 0 spiro atoms. The summed E-state index contributed by atoms with van der Waals surface area (Å²) in [4.78, 5) is 0. The highest BCUT2D eigenvalue weighted by Crippen LogP contribution is 2.06. The van der Waals surface area contributed by atoms with E-state index in [2.05, 4.69) is 5.32 Å². The van der Waals surface area contributed by atoms with Gasteiger partial charge in [0.15, 0.2) is 0 Å². The number of rotatable bonds is 4. The lowest BCUT2D eigenvalue weighted by molar-refractivity contribution is -0.00102. The van der Waals surface area contributed by atoms with Crippen molar-refractivity contribution in [2.45, 2.75) is 26.0 Å². The lowest BCUT2D eigenvalue weighted by Crippen LogP contribution is -2.51. The van der Waals surface area contributed by atoms with Crippen LogP contribution in [0, 0.1) is 0 Å². The zero-order valence-electron chi connectivity index (χ0n) is 9.14. The number of nitrogens with one attached hydrogen (secondary N) is 1. The van der Waals surface area contributed by atoms with Crippen molar-refractivity contribution in [3.8, 4) is 0 Å². The molecular formula is C8H19N3O3S. The molecule has 7 heteroatoms. The summed E-state index contributed by atoms with van der Waals surface area (Å²) < 4.78 is 28.9. The summed E-state index contributed by atoms with van der Waals surface area (Å²) in [6.45, 7) is 5.78. The van der Waals surface area contributed by atoms with Gasteiger partial charge in [-0.15, -0.1) is 0 Å². The standard InChI is InChI=1S/C8H19N3O3S/c1-7(2)10-5-8-6-11(3-4-14-8)15(9,12)13/h7-8,10H,3-6H2,1-2H3,(H2,9,12,13). The van der Waals surface area contributed by atoms with Gasteiger partial charge in [0.25, 0.3) is 10.2 Å². The van der Waals surface area contributed by atoms with Crippen LogP contribution in [0.4, 0.5) is 0 Å². The average Bonchev–Trinajstić information content (AvgIpc) is 2.14. The molecule has 1 fully saturated rings. The van der Waals surface area contributed by atoms with Crippen molar-refractivity contribution in [2.75, 3.05) is 26.2 Å². The van der Waals surface area contributed by atoms with Gasteiger partial charge in [0.05, 0.1) is 12.7 Å². The Hall–Kier alpha value is -0.210. The fourth-order valence-electron chi connectivity index (χ4n) is 1.41. The van der Waals surface area contributed by atoms with Crippen LogP contribution in [-0.4, -0.2) is 51.1 Å². The van der Waals surface area contributed by atoms with Crippen molar-refractivity contribution in [3.63, 3.8) is 0 Å². The van der Waals surface area contributed by atoms with Crippen LogP contribution in [0.3, 0.4) is 0 Å². The highest BCUT2D eigenvalue weighted by molar-refractivity contribution is 7.86. The molecule has 6 nitrogen and oxygen atoms in total. The molecule has 1 aliphatic heterocycles. The van der Waals surface area contributed by atoms with Crippen LogP contribution in [0.1, 0.15) is 13.8 Å². The van der Waals surface area contributed by atoms with Gasteiger partial charge in [-0.3, -0.25) is 0 Å². The molecule has 1 unspecified atom stereocenters. The molecule has 1 aliphatic rings. The van der Waals surface area contributed by atoms with Crippen molar-refractivity contribution >= 4 is 10.2 Å². The first-order valence-corrected chi connectivity index (χ1v) is 6.53. The van der Waals surface area contributed by atoms with Crippen LogP contribution in [0.25, 0.3) is 0 Å². The van der Waals surface area contributed by atoms with Gasteiger partial charge in [-0.05, 0) is 0 Å². The minimum Gasteiger partial charge on any atom is -0.374 e. The zero-order chi connectivity index (χ0) is 11.5. The molecule has 15 heavy (non-hydrogen) atoms. The molecule has 1 heterocycles. The van der Waals surface area contributed by atoms with E-state index < -0.39 is 10.2 Å². The summed E-state index contributed by atoms with van der Waals surface area (Å²) in [5, 5.41) is 8.25. The summed E-state index contributed by atoms with van der Waals surface area (Å²) in [5.74, 6) is 0. The zero-order valence-corrected chi connectivity index (χ0v) is 9.96. The van der Waals surface area contributed by atoms with Crippen LogP contribution in [0.5, 0.6) is 0 Å². The topological polar surface area (TPSA) is 84.7 Å². The first-order chi connectivity index (χ1) is 6.89. The van der Waals surface area contributed by atoms with Crippen LogP contribution >= 0.6 is 0 Å². The van der Waals surface area contributed by atoms with Crippen molar-refractivity contribution in [3.05, 3.63) is 0 Å². The highest BCUT2D eigenvalue weighted by Gasteiger charge is 2.26. The summed E-state index contributed by atoms with van der Waals surface area (Å²) >= 11 is 0. The Balaban J connectivity index is 2.43. The smallest absolute Gasteiger partial charge is 0.277 e. The SMILES string of the molecule is CC(C)NCC1CN(S(N)(=O)=O)CCO1. The maximum atomic E-state index is 11.1. The Morgan fingerprint density at radius 1 is 1.60 bits per heavy atom. The second-order valence-electron chi connectivity index (χ2n) is 3.96. The van der Waals surface area contributed by atoms with Gasteiger partial charge in [0.1, 0.15) is 0 Å². The van der Waals surface area contributed by atoms with E-state index in [1.54, 1.807) is 0 Å². The molecule has 1 atom stereocenters. The minimum atomic E-state index is -3.57. The van der Waals surface area contributed by atoms with E-state index in [-0.39, 0.29) is 6.10 Å². The molecule has 0 aromatic heterocycles.